The van der Waals surface area contributed by atoms with Crippen molar-refractivity contribution in [2.45, 2.75) is 31.7 Å². The molecule has 0 radical (unpaired) electrons. The van der Waals surface area contributed by atoms with Crippen molar-refractivity contribution in [3.8, 4) is 11.5 Å². The minimum absolute atomic E-state index is 0. The van der Waals surface area contributed by atoms with Crippen molar-refractivity contribution in [2.24, 2.45) is 4.99 Å². The van der Waals surface area contributed by atoms with Gasteiger partial charge in [0.15, 0.2) is 17.5 Å². The third-order valence-electron chi connectivity index (χ3n) is 5.26. The maximum Gasteiger partial charge on any atom is 0.193 e. The van der Waals surface area contributed by atoms with E-state index in [0.717, 1.165) is 42.4 Å². The number of aliphatic imine (C=N–C) groups is 1. The topological polar surface area (TPSA) is 46.1 Å². The number of halogens is 2. The molecule has 2 atom stereocenters. The minimum Gasteiger partial charge on any atom is -0.493 e. The standard InChI is InChI=1S/C23H30FN3O2.HI/c1-5-25-23(26-20-15-18(20)17-8-6-7-9-19(17)24)27(2)13-12-16-10-11-21(28-3)22(14-16)29-4;/h6-11,14,18,20H,5,12-13,15H2,1-4H3,(H,25,26);1H. The van der Waals surface area contributed by atoms with Crippen LogP contribution < -0.4 is 14.8 Å². The monoisotopic (exact) mass is 527 g/mol. The normalized spacial score (nSPS) is 17.7. The van der Waals surface area contributed by atoms with Crippen LogP contribution in [0, 0.1) is 5.82 Å². The molecule has 164 valence electrons. The van der Waals surface area contributed by atoms with Crippen LogP contribution in [0.4, 0.5) is 4.39 Å². The van der Waals surface area contributed by atoms with E-state index in [9.17, 15) is 4.39 Å². The zero-order chi connectivity index (χ0) is 20.8. The molecule has 1 saturated carbocycles. The number of nitrogens with one attached hydrogen (secondary N) is 1. The Morgan fingerprint density at radius 1 is 1.17 bits per heavy atom. The van der Waals surface area contributed by atoms with Crippen LogP contribution in [0.3, 0.4) is 0 Å². The lowest BCUT2D eigenvalue weighted by atomic mass is 10.1. The van der Waals surface area contributed by atoms with Crippen molar-refractivity contribution in [3.05, 3.63) is 59.4 Å². The number of likely N-dealkylation sites (N-methyl/N-ethyl adjacent to an activating group) is 1. The SMILES string of the molecule is CCN=C(NC1CC1c1ccccc1F)N(C)CCc1ccc(OC)c(OC)c1.I. The van der Waals surface area contributed by atoms with Crippen molar-refractivity contribution in [1.29, 1.82) is 0 Å². The number of rotatable bonds is 8. The number of methoxy groups -OCH3 is 2. The molecule has 0 saturated heterocycles. The van der Waals surface area contributed by atoms with Crippen LogP contribution in [0.5, 0.6) is 11.5 Å². The molecule has 1 aliphatic carbocycles. The zero-order valence-electron chi connectivity index (χ0n) is 18.0. The first kappa shape index (κ1) is 24.2. The summed E-state index contributed by atoms with van der Waals surface area (Å²) in [4.78, 5) is 6.74. The third-order valence-corrected chi connectivity index (χ3v) is 5.26. The summed E-state index contributed by atoms with van der Waals surface area (Å²) in [6, 6.07) is 13.2. The summed E-state index contributed by atoms with van der Waals surface area (Å²) in [5.41, 5.74) is 1.95. The molecule has 3 rings (SSSR count). The number of nitrogens with zero attached hydrogens (tertiary/aromatic N) is 2. The van der Waals surface area contributed by atoms with Crippen LogP contribution in [-0.4, -0.2) is 51.3 Å². The predicted molar refractivity (Wildman–Crippen MR) is 130 cm³/mol. The highest BCUT2D eigenvalue weighted by Gasteiger charge is 2.40. The summed E-state index contributed by atoms with van der Waals surface area (Å²) in [5.74, 6) is 2.40. The number of hydrogen-bond donors (Lipinski definition) is 1. The molecule has 1 fully saturated rings. The number of ether oxygens (including phenoxy) is 2. The molecule has 30 heavy (non-hydrogen) atoms. The lowest BCUT2D eigenvalue weighted by Gasteiger charge is -2.23. The minimum atomic E-state index is -0.127. The molecule has 7 heteroatoms. The Morgan fingerprint density at radius 2 is 1.90 bits per heavy atom. The molecule has 0 heterocycles. The van der Waals surface area contributed by atoms with E-state index in [1.165, 1.54) is 11.6 Å². The average molecular weight is 527 g/mol. The molecular formula is C23H31FIN3O2. The lowest BCUT2D eigenvalue weighted by molar-refractivity contribution is 0.354. The summed E-state index contributed by atoms with van der Waals surface area (Å²) in [6.07, 6.45) is 1.77. The second kappa shape index (κ2) is 11.4. The Hall–Kier alpha value is -2.03. The Morgan fingerprint density at radius 3 is 2.57 bits per heavy atom. The van der Waals surface area contributed by atoms with E-state index in [1.54, 1.807) is 20.3 Å². The summed E-state index contributed by atoms with van der Waals surface area (Å²) >= 11 is 0. The van der Waals surface area contributed by atoms with Crippen LogP contribution in [0.1, 0.15) is 30.4 Å². The summed E-state index contributed by atoms with van der Waals surface area (Å²) in [7, 11) is 5.31. The van der Waals surface area contributed by atoms with E-state index in [1.807, 2.05) is 44.3 Å². The van der Waals surface area contributed by atoms with Crippen molar-refractivity contribution < 1.29 is 13.9 Å². The van der Waals surface area contributed by atoms with Crippen LogP contribution in [0.15, 0.2) is 47.5 Å². The highest BCUT2D eigenvalue weighted by atomic mass is 127. The summed E-state index contributed by atoms with van der Waals surface area (Å²) < 4.78 is 24.7. The first-order valence-electron chi connectivity index (χ1n) is 10.0. The fourth-order valence-corrected chi connectivity index (χ4v) is 3.51. The van der Waals surface area contributed by atoms with Gasteiger partial charge in [-0.1, -0.05) is 24.3 Å². The molecule has 2 aromatic rings. The fourth-order valence-electron chi connectivity index (χ4n) is 3.51. The smallest absolute Gasteiger partial charge is 0.193 e. The first-order chi connectivity index (χ1) is 14.1. The third kappa shape index (κ3) is 6.00. The second-order valence-electron chi connectivity index (χ2n) is 7.27. The van der Waals surface area contributed by atoms with Gasteiger partial charge in [-0.3, -0.25) is 4.99 Å². The molecule has 0 aliphatic heterocycles. The van der Waals surface area contributed by atoms with Crippen LogP contribution in [0.2, 0.25) is 0 Å². The Bertz CT molecular complexity index is 862. The fraction of sp³-hybridized carbons (Fsp3) is 0.435. The predicted octanol–water partition coefficient (Wildman–Crippen LogP) is 4.46. The molecule has 1 aliphatic rings. The molecule has 0 amide bonds. The van der Waals surface area contributed by atoms with E-state index in [2.05, 4.69) is 15.2 Å². The van der Waals surface area contributed by atoms with Crippen molar-refractivity contribution in [3.63, 3.8) is 0 Å². The van der Waals surface area contributed by atoms with Gasteiger partial charge in [-0.25, -0.2) is 4.39 Å². The quantitative estimate of drug-likeness (QED) is 0.313. The maximum absolute atomic E-state index is 14.0. The van der Waals surface area contributed by atoms with Gasteiger partial charge in [0.2, 0.25) is 0 Å². The van der Waals surface area contributed by atoms with Crippen LogP contribution in [-0.2, 0) is 6.42 Å². The average Bonchev–Trinajstić information content (AvgIpc) is 3.50. The Labute approximate surface area is 195 Å². The molecule has 5 nitrogen and oxygen atoms in total. The van der Waals surface area contributed by atoms with Crippen LogP contribution >= 0.6 is 24.0 Å². The van der Waals surface area contributed by atoms with Gasteiger partial charge in [-0.2, -0.15) is 0 Å². The molecule has 1 N–H and O–H groups in total. The van der Waals surface area contributed by atoms with Gasteiger partial charge >= 0.3 is 0 Å². The van der Waals surface area contributed by atoms with Crippen molar-refractivity contribution in [2.75, 3.05) is 34.4 Å². The van der Waals surface area contributed by atoms with Gasteiger partial charge in [-0.05, 0) is 49.1 Å². The number of hydrogen-bond acceptors (Lipinski definition) is 3. The molecular weight excluding hydrogens is 496 g/mol. The summed E-state index contributed by atoms with van der Waals surface area (Å²) in [6.45, 7) is 3.52. The van der Waals surface area contributed by atoms with Gasteiger partial charge in [0, 0.05) is 32.1 Å². The molecule has 2 unspecified atom stereocenters. The van der Waals surface area contributed by atoms with Crippen LogP contribution in [0.25, 0.3) is 0 Å². The Kier molecular flexibility index (Phi) is 9.20. The van der Waals surface area contributed by atoms with E-state index < -0.39 is 0 Å². The van der Waals surface area contributed by atoms with E-state index in [0.29, 0.717) is 6.54 Å². The van der Waals surface area contributed by atoms with Gasteiger partial charge in [0.05, 0.1) is 14.2 Å². The van der Waals surface area contributed by atoms with E-state index in [-0.39, 0.29) is 41.8 Å². The number of guanidine groups is 1. The Balaban J connectivity index is 0.00000320. The first-order valence-corrected chi connectivity index (χ1v) is 10.0. The van der Waals surface area contributed by atoms with Crippen molar-refractivity contribution >= 4 is 29.9 Å². The summed E-state index contributed by atoms with van der Waals surface area (Å²) in [5, 5.41) is 3.51. The molecule has 2 aromatic carbocycles. The lowest BCUT2D eigenvalue weighted by Crippen LogP contribution is -2.41. The van der Waals surface area contributed by atoms with E-state index >= 15 is 0 Å². The largest absolute Gasteiger partial charge is 0.493 e. The van der Waals surface area contributed by atoms with Gasteiger partial charge < -0.3 is 19.7 Å². The van der Waals surface area contributed by atoms with Gasteiger partial charge in [-0.15, -0.1) is 24.0 Å². The molecule has 0 aromatic heterocycles. The van der Waals surface area contributed by atoms with Gasteiger partial charge in [0.1, 0.15) is 5.82 Å². The maximum atomic E-state index is 14.0. The van der Waals surface area contributed by atoms with E-state index in [4.69, 9.17) is 9.47 Å². The van der Waals surface area contributed by atoms with Gasteiger partial charge in [0.25, 0.3) is 0 Å². The highest BCUT2D eigenvalue weighted by Crippen LogP contribution is 2.41. The van der Waals surface area contributed by atoms with Crippen molar-refractivity contribution in [1.82, 2.24) is 10.2 Å². The second-order valence-corrected chi connectivity index (χ2v) is 7.27. The number of benzene rings is 2. The zero-order valence-corrected chi connectivity index (χ0v) is 20.4. The highest BCUT2D eigenvalue weighted by molar-refractivity contribution is 14.0. The molecule has 0 spiro atoms. The molecule has 0 bridgehead atoms.